The summed E-state index contributed by atoms with van der Waals surface area (Å²) in [5.74, 6) is -1.11. The lowest BCUT2D eigenvalue weighted by Gasteiger charge is -2.18. The molecule has 0 aromatic carbocycles. The minimum absolute atomic E-state index is 0.00269. The van der Waals surface area contributed by atoms with Crippen LogP contribution < -0.4 is 0 Å². The lowest BCUT2D eigenvalue weighted by molar-refractivity contribution is 0.0690. The molecule has 7 heteroatoms. The van der Waals surface area contributed by atoms with E-state index in [4.69, 9.17) is 9.52 Å². The molecule has 0 amide bonds. The Balaban J connectivity index is 2.32. The van der Waals surface area contributed by atoms with Gasteiger partial charge in [0.2, 0.25) is 5.89 Å². The molecule has 16 heavy (non-hydrogen) atoms. The third-order valence-electron chi connectivity index (χ3n) is 2.60. The fourth-order valence-corrected chi connectivity index (χ4v) is 3.60. The fraction of sp³-hybridized carbons (Fsp3) is 0.556. The zero-order valence-electron chi connectivity index (χ0n) is 8.42. The van der Waals surface area contributed by atoms with Crippen LogP contribution in [0.25, 0.3) is 0 Å². The summed E-state index contributed by atoms with van der Waals surface area (Å²) >= 11 is 0. The van der Waals surface area contributed by atoms with E-state index in [9.17, 15) is 13.2 Å². The molecule has 88 valence electrons. The molecule has 2 rings (SSSR count). The minimum Gasteiger partial charge on any atom is -0.476 e. The highest BCUT2D eigenvalue weighted by Gasteiger charge is 2.34. The Hall–Kier alpha value is -1.37. The summed E-state index contributed by atoms with van der Waals surface area (Å²) in [5.41, 5.74) is -0.254. The number of hydrogen-bond acceptors (Lipinski definition) is 5. The Morgan fingerprint density at radius 1 is 1.50 bits per heavy atom. The number of carboxylic acids is 1. The number of carboxylic acid groups (broad SMARTS) is 1. The van der Waals surface area contributed by atoms with Crippen molar-refractivity contribution < 1.29 is 22.7 Å². The molecular formula is C9H11NO5S. The van der Waals surface area contributed by atoms with E-state index in [-0.39, 0.29) is 17.3 Å². The zero-order valence-corrected chi connectivity index (χ0v) is 9.24. The van der Waals surface area contributed by atoms with Crippen LogP contribution in [0.2, 0.25) is 0 Å². The molecule has 0 spiro atoms. The molecule has 1 aromatic heterocycles. The van der Waals surface area contributed by atoms with Crippen LogP contribution in [0, 0.1) is 0 Å². The van der Waals surface area contributed by atoms with Crippen molar-refractivity contribution in [2.24, 2.45) is 0 Å². The van der Waals surface area contributed by atoms with Crippen LogP contribution in [0.4, 0.5) is 0 Å². The summed E-state index contributed by atoms with van der Waals surface area (Å²) < 4.78 is 28.4. The normalized spacial score (nSPS) is 24.1. The summed E-state index contributed by atoms with van der Waals surface area (Å²) in [7, 11) is -3.24. The maximum Gasteiger partial charge on any atom is 0.357 e. The molecule has 0 aliphatic carbocycles. The van der Waals surface area contributed by atoms with Crippen molar-refractivity contribution in [2.75, 3.05) is 5.75 Å². The molecule has 6 nitrogen and oxygen atoms in total. The summed E-state index contributed by atoms with van der Waals surface area (Å²) in [5, 5.41) is 7.87. The Kier molecular flexibility index (Phi) is 2.71. The van der Waals surface area contributed by atoms with Crippen LogP contribution in [0.15, 0.2) is 10.7 Å². The molecule has 0 bridgehead atoms. The maximum absolute atomic E-state index is 11.7. The predicted molar refractivity (Wildman–Crippen MR) is 53.8 cm³/mol. The van der Waals surface area contributed by atoms with Crippen molar-refractivity contribution in [2.45, 2.75) is 24.5 Å². The number of carbonyl (C=O) groups is 1. The summed E-state index contributed by atoms with van der Waals surface area (Å²) in [6.45, 7) is 0. The van der Waals surface area contributed by atoms with Gasteiger partial charge < -0.3 is 9.52 Å². The lowest BCUT2D eigenvalue weighted by Crippen LogP contribution is -2.22. The maximum atomic E-state index is 11.7. The molecular weight excluding hydrogens is 234 g/mol. The Morgan fingerprint density at radius 2 is 2.25 bits per heavy atom. The Labute approximate surface area is 92.2 Å². The third-order valence-corrected chi connectivity index (χ3v) is 4.76. The van der Waals surface area contributed by atoms with Gasteiger partial charge in [-0.05, 0) is 12.8 Å². The van der Waals surface area contributed by atoms with Gasteiger partial charge in [-0.15, -0.1) is 0 Å². The highest BCUT2D eigenvalue weighted by atomic mass is 32.2. The van der Waals surface area contributed by atoms with E-state index in [1.54, 1.807) is 0 Å². The fourth-order valence-electron chi connectivity index (χ4n) is 1.77. The first-order chi connectivity index (χ1) is 7.50. The van der Waals surface area contributed by atoms with Gasteiger partial charge in [-0.3, -0.25) is 0 Å². The van der Waals surface area contributed by atoms with Gasteiger partial charge in [0.25, 0.3) is 0 Å². The number of rotatable bonds is 2. The van der Waals surface area contributed by atoms with Crippen molar-refractivity contribution in [3.05, 3.63) is 17.8 Å². The van der Waals surface area contributed by atoms with Gasteiger partial charge >= 0.3 is 5.97 Å². The van der Waals surface area contributed by atoms with Crippen molar-refractivity contribution in [1.82, 2.24) is 4.98 Å². The largest absolute Gasteiger partial charge is 0.476 e. The summed E-state index contributed by atoms with van der Waals surface area (Å²) in [4.78, 5) is 14.3. The number of hydrogen-bond donors (Lipinski definition) is 1. The van der Waals surface area contributed by atoms with Crippen molar-refractivity contribution in [3.8, 4) is 0 Å². The molecule has 1 unspecified atom stereocenters. The van der Waals surface area contributed by atoms with Gasteiger partial charge in [-0.1, -0.05) is 6.42 Å². The highest BCUT2D eigenvalue weighted by molar-refractivity contribution is 7.91. The van der Waals surface area contributed by atoms with E-state index >= 15 is 0 Å². The van der Waals surface area contributed by atoms with E-state index in [0.29, 0.717) is 12.8 Å². The topological polar surface area (TPSA) is 97.5 Å². The zero-order chi connectivity index (χ0) is 11.8. The monoisotopic (exact) mass is 245 g/mol. The van der Waals surface area contributed by atoms with Crippen molar-refractivity contribution in [3.63, 3.8) is 0 Å². The van der Waals surface area contributed by atoms with Crippen molar-refractivity contribution >= 4 is 15.8 Å². The van der Waals surface area contributed by atoms with E-state index in [1.165, 1.54) is 0 Å². The molecule has 1 fully saturated rings. The first kappa shape index (κ1) is 11.1. The number of aromatic carboxylic acids is 1. The molecule has 1 atom stereocenters. The lowest BCUT2D eigenvalue weighted by atomic mass is 10.2. The van der Waals surface area contributed by atoms with Crippen LogP contribution in [0.5, 0.6) is 0 Å². The molecule has 1 saturated heterocycles. The Morgan fingerprint density at radius 3 is 2.81 bits per heavy atom. The Bertz CT molecular complexity index is 504. The van der Waals surface area contributed by atoms with Crippen LogP contribution in [-0.4, -0.2) is 30.2 Å². The summed E-state index contributed by atoms with van der Waals surface area (Å²) in [6.07, 6.45) is 2.85. The van der Waals surface area contributed by atoms with Crippen molar-refractivity contribution in [1.29, 1.82) is 0 Å². The van der Waals surface area contributed by atoms with Crippen LogP contribution in [-0.2, 0) is 9.84 Å². The first-order valence-electron chi connectivity index (χ1n) is 4.91. The average Bonchev–Trinajstić information content (AvgIpc) is 2.65. The SMILES string of the molecule is O=C(O)c1coc(C2CCCCS2(=O)=O)n1. The van der Waals surface area contributed by atoms with E-state index in [0.717, 1.165) is 12.7 Å². The number of nitrogens with zero attached hydrogens (tertiary/aromatic N) is 1. The molecule has 1 aliphatic rings. The smallest absolute Gasteiger partial charge is 0.357 e. The van der Waals surface area contributed by atoms with Crippen LogP contribution >= 0.6 is 0 Å². The van der Waals surface area contributed by atoms with Crippen LogP contribution in [0.3, 0.4) is 0 Å². The highest BCUT2D eigenvalue weighted by Crippen LogP contribution is 2.32. The second kappa shape index (κ2) is 3.89. The van der Waals surface area contributed by atoms with Gasteiger partial charge in [0, 0.05) is 0 Å². The number of oxazole rings is 1. The second-order valence-corrected chi connectivity index (χ2v) is 6.03. The predicted octanol–water partition coefficient (Wildman–Crippen LogP) is 1.01. The van der Waals surface area contributed by atoms with Gasteiger partial charge in [0.05, 0.1) is 5.75 Å². The van der Waals surface area contributed by atoms with Gasteiger partial charge in [-0.2, -0.15) is 0 Å². The molecule has 1 aromatic rings. The molecule has 0 saturated carbocycles. The summed E-state index contributed by atoms with van der Waals surface area (Å²) in [6, 6.07) is 0. The van der Waals surface area contributed by atoms with E-state index < -0.39 is 21.1 Å². The van der Waals surface area contributed by atoms with Gasteiger partial charge in [0.15, 0.2) is 15.5 Å². The second-order valence-electron chi connectivity index (χ2n) is 3.73. The third kappa shape index (κ3) is 1.95. The van der Waals surface area contributed by atoms with Crippen LogP contribution in [0.1, 0.15) is 40.9 Å². The minimum atomic E-state index is -3.24. The van der Waals surface area contributed by atoms with E-state index in [1.807, 2.05) is 0 Å². The molecule has 1 N–H and O–H groups in total. The van der Waals surface area contributed by atoms with Gasteiger partial charge in [-0.25, -0.2) is 18.2 Å². The van der Waals surface area contributed by atoms with Gasteiger partial charge in [0.1, 0.15) is 11.5 Å². The first-order valence-corrected chi connectivity index (χ1v) is 6.62. The average molecular weight is 245 g/mol. The molecule has 1 aliphatic heterocycles. The molecule has 0 radical (unpaired) electrons. The number of aromatic nitrogens is 1. The quantitative estimate of drug-likeness (QED) is 0.835. The number of sulfone groups is 1. The standard InChI is InChI=1S/C9H11NO5S/c11-9(12)6-5-15-8(10-6)7-3-1-2-4-16(7,13)14/h5,7H,1-4H2,(H,11,12). The molecule has 2 heterocycles. The van der Waals surface area contributed by atoms with E-state index in [2.05, 4.69) is 4.98 Å².